The van der Waals surface area contributed by atoms with Crippen molar-refractivity contribution in [2.75, 3.05) is 5.32 Å². The summed E-state index contributed by atoms with van der Waals surface area (Å²) in [7, 11) is 0. The molecule has 0 aliphatic carbocycles. The van der Waals surface area contributed by atoms with Crippen molar-refractivity contribution in [2.45, 2.75) is 33.2 Å². The second-order valence-electron chi connectivity index (χ2n) is 7.21. The Morgan fingerprint density at radius 2 is 1.86 bits per heavy atom. The second kappa shape index (κ2) is 9.29. The number of carbonyl (C=O) groups is 1. The smallest absolute Gasteiger partial charge is 0.249 e. The molecule has 4 nitrogen and oxygen atoms in total. The van der Waals surface area contributed by atoms with E-state index in [1.165, 1.54) is 11.6 Å². The van der Waals surface area contributed by atoms with E-state index >= 15 is 0 Å². The van der Waals surface area contributed by atoms with Crippen molar-refractivity contribution in [1.82, 2.24) is 9.78 Å². The molecule has 3 rings (SSSR count). The first-order valence-corrected chi connectivity index (χ1v) is 10.1. The van der Waals surface area contributed by atoms with Crippen molar-refractivity contribution in [3.63, 3.8) is 0 Å². The number of hydrogen-bond acceptors (Lipinski definition) is 2. The molecule has 1 N–H and O–H groups in total. The first-order valence-electron chi connectivity index (χ1n) is 9.39. The van der Waals surface area contributed by atoms with Crippen molar-refractivity contribution in [2.24, 2.45) is 0 Å². The topological polar surface area (TPSA) is 46.9 Å². The van der Waals surface area contributed by atoms with Crippen LogP contribution < -0.4 is 5.32 Å². The van der Waals surface area contributed by atoms with Gasteiger partial charge in [0.2, 0.25) is 5.91 Å². The zero-order valence-corrected chi connectivity index (χ0v) is 18.1. The third-order valence-corrected chi connectivity index (χ3v) is 5.18. The van der Waals surface area contributed by atoms with Gasteiger partial charge in [-0.1, -0.05) is 67.4 Å². The van der Waals surface area contributed by atoms with Crippen molar-refractivity contribution >= 4 is 41.0 Å². The van der Waals surface area contributed by atoms with Gasteiger partial charge in [-0.25, -0.2) is 0 Å². The fourth-order valence-electron chi connectivity index (χ4n) is 2.87. The predicted molar refractivity (Wildman–Crippen MR) is 121 cm³/mol. The van der Waals surface area contributed by atoms with E-state index in [9.17, 15) is 4.79 Å². The summed E-state index contributed by atoms with van der Waals surface area (Å²) >= 11 is 12.2. The maximum Gasteiger partial charge on any atom is 0.249 e. The number of aromatic nitrogens is 2. The molecule has 1 heterocycles. The molecule has 0 unspecified atom stereocenters. The van der Waals surface area contributed by atoms with Crippen LogP contribution in [0.5, 0.6) is 0 Å². The molecule has 0 radical (unpaired) electrons. The SMILES string of the molecule is Cc1cc(NC(=O)/C=C/c2ccc(C(C)C)cc2)nn1Cc1ccc(Cl)cc1Cl. The molecule has 1 aromatic heterocycles. The maximum absolute atomic E-state index is 12.2. The van der Waals surface area contributed by atoms with Crippen LogP contribution in [0.25, 0.3) is 6.08 Å². The van der Waals surface area contributed by atoms with Crippen molar-refractivity contribution in [3.05, 3.63) is 87.0 Å². The Morgan fingerprint density at radius 3 is 2.52 bits per heavy atom. The maximum atomic E-state index is 12.2. The molecule has 0 saturated heterocycles. The summed E-state index contributed by atoms with van der Waals surface area (Å²) in [6, 6.07) is 15.4. The number of nitrogens with one attached hydrogen (secondary N) is 1. The number of benzene rings is 2. The molecule has 3 aromatic rings. The normalized spacial score (nSPS) is 11.4. The molecule has 6 heteroatoms. The minimum atomic E-state index is -0.230. The molecule has 0 aliphatic rings. The molecule has 0 atom stereocenters. The van der Waals surface area contributed by atoms with Crippen LogP contribution in [0.3, 0.4) is 0 Å². The fourth-order valence-corrected chi connectivity index (χ4v) is 3.34. The van der Waals surface area contributed by atoms with Gasteiger partial charge in [-0.05, 0) is 47.7 Å². The summed E-state index contributed by atoms with van der Waals surface area (Å²) in [6.07, 6.45) is 3.30. The van der Waals surface area contributed by atoms with E-state index in [1.807, 2.05) is 31.2 Å². The zero-order valence-electron chi connectivity index (χ0n) is 16.6. The van der Waals surface area contributed by atoms with Gasteiger partial charge in [0.15, 0.2) is 5.82 Å². The number of nitrogens with zero attached hydrogens (tertiary/aromatic N) is 2. The van der Waals surface area contributed by atoms with E-state index in [0.29, 0.717) is 28.3 Å². The standard InChI is InChI=1S/C23H23Cl2N3O/c1-15(2)18-7-4-17(5-8-18)6-11-23(29)26-22-12-16(3)28(27-22)14-19-9-10-20(24)13-21(19)25/h4-13,15H,14H2,1-3H3,(H,26,27,29)/b11-6+. The van der Waals surface area contributed by atoms with Gasteiger partial charge in [-0.15, -0.1) is 0 Å². The van der Waals surface area contributed by atoms with Crippen LogP contribution in [0.4, 0.5) is 5.82 Å². The van der Waals surface area contributed by atoms with Crippen LogP contribution in [-0.4, -0.2) is 15.7 Å². The third-order valence-electron chi connectivity index (χ3n) is 4.60. The molecule has 0 saturated carbocycles. The Labute approximate surface area is 181 Å². The van der Waals surface area contributed by atoms with Crippen LogP contribution in [0.2, 0.25) is 10.0 Å². The molecule has 2 aromatic carbocycles. The summed E-state index contributed by atoms with van der Waals surface area (Å²) in [5.41, 5.74) is 4.07. The second-order valence-corrected chi connectivity index (χ2v) is 8.05. The van der Waals surface area contributed by atoms with Crippen LogP contribution in [0, 0.1) is 6.92 Å². The lowest BCUT2D eigenvalue weighted by molar-refractivity contribution is -0.111. The van der Waals surface area contributed by atoms with Gasteiger partial charge in [0.25, 0.3) is 0 Å². The van der Waals surface area contributed by atoms with Gasteiger partial charge in [0.1, 0.15) is 0 Å². The number of hydrogen-bond donors (Lipinski definition) is 1. The molecule has 29 heavy (non-hydrogen) atoms. The highest BCUT2D eigenvalue weighted by Crippen LogP contribution is 2.22. The molecule has 0 spiro atoms. The summed E-state index contributed by atoms with van der Waals surface area (Å²) in [6.45, 7) is 6.73. The Kier molecular flexibility index (Phi) is 6.78. The fraction of sp³-hybridized carbons (Fsp3) is 0.217. The van der Waals surface area contributed by atoms with Gasteiger partial charge >= 0.3 is 0 Å². The lowest BCUT2D eigenvalue weighted by Crippen LogP contribution is -2.09. The third kappa shape index (κ3) is 5.72. The average Bonchev–Trinajstić information content (AvgIpc) is 3.01. The van der Waals surface area contributed by atoms with Crippen LogP contribution in [0.15, 0.2) is 54.6 Å². The van der Waals surface area contributed by atoms with E-state index in [-0.39, 0.29) is 5.91 Å². The van der Waals surface area contributed by atoms with Gasteiger partial charge in [0, 0.05) is 27.9 Å². The van der Waals surface area contributed by atoms with Crippen LogP contribution >= 0.6 is 23.2 Å². The first-order chi connectivity index (χ1) is 13.8. The molecular formula is C23H23Cl2N3O. The highest BCUT2D eigenvalue weighted by Gasteiger charge is 2.09. The Morgan fingerprint density at radius 1 is 1.14 bits per heavy atom. The zero-order chi connectivity index (χ0) is 21.0. The molecule has 0 aliphatic heterocycles. The van der Waals surface area contributed by atoms with E-state index in [0.717, 1.165) is 16.8 Å². The Bertz CT molecular complexity index is 1040. The largest absolute Gasteiger partial charge is 0.306 e. The van der Waals surface area contributed by atoms with Crippen molar-refractivity contribution < 1.29 is 4.79 Å². The van der Waals surface area contributed by atoms with Gasteiger partial charge in [-0.2, -0.15) is 5.10 Å². The van der Waals surface area contributed by atoms with Crippen LogP contribution in [-0.2, 0) is 11.3 Å². The number of amides is 1. The number of halogens is 2. The Balaban J connectivity index is 1.64. The summed E-state index contributed by atoms with van der Waals surface area (Å²) in [5.74, 6) is 0.752. The summed E-state index contributed by atoms with van der Waals surface area (Å²) < 4.78 is 1.79. The lowest BCUT2D eigenvalue weighted by Gasteiger charge is -2.07. The molecule has 1 amide bonds. The van der Waals surface area contributed by atoms with Crippen molar-refractivity contribution in [3.8, 4) is 0 Å². The number of anilines is 1. The van der Waals surface area contributed by atoms with Gasteiger partial charge < -0.3 is 5.32 Å². The molecule has 0 bridgehead atoms. The molecule has 150 valence electrons. The number of carbonyl (C=O) groups excluding carboxylic acids is 1. The summed E-state index contributed by atoms with van der Waals surface area (Å²) in [4.78, 5) is 12.2. The predicted octanol–water partition coefficient (Wildman–Crippen LogP) is 6.32. The quantitative estimate of drug-likeness (QED) is 0.467. The van der Waals surface area contributed by atoms with Crippen molar-refractivity contribution in [1.29, 1.82) is 0 Å². The molecular weight excluding hydrogens is 405 g/mol. The highest BCUT2D eigenvalue weighted by atomic mass is 35.5. The van der Waals surface area contributed by atoms with E-state index in [1.54, 1.807) is 22.9 Å². The highest BCUT2D eigenvalue weighted by molar-refractivity contribution is 6.35. The Hall–Kier alpha value is -2.56. The van der Waals surface area contributed by atoms with E-state index in [2.05, 4.69) is 36.4 Å². The van der Waals surface area contributed by atoms with E-state index < -0.39 is 0 Å². The number of rotatable bonds is 6. The number of aryl methyl sites for hydroxylation is 1. The average molecular weight is 428 g/mol. The van der Waals surface area contributed by atoms with E-state index in [4.69, 9.17) is 23.2 Å². The monoisotopic (exact) mass is 427 g/mol. The lowest BCUT2D eigenvalue weighted by atomic mass is 10.0. The first kappa shape index (κ1) is 21.2. The minimum absolute atomic E-state index is 0.230. The van der Waals surface area contributed by atoms with Crippen LogP contribution in [0.1, 0.15) is 42.1 Å². The summed E-state index contributed by atoms with van der Waals surface area (Å²) in [5, 5.41) is 8.43. The minimum Gasteiger partial charge on any atom is -0.306 e. The molecule has 0 fully saturated rings. The van der Waals surface area contributed by atoms with Gasteiger partial charge in [0.05, 0.1) is 6.54 Å². The van der Waals surface area contributed by atoms with Gasteiger partial charge in [-0.3, -0.25) is 9.48 Å².